The fraction of sp³-hybridized carbons (Fsp3) is 0.312. The van der Waals surface area contributed by atoms with Crippen molar-refractivity contribution < 1.29 is 4.74 Å². The van der Waals surface area contributed by atoms with Gasteiger partial charge in [0.1, 0.15) is 0 Å². The number of aromatic nitrogens is 2. The maximum Gasteiger partial charge on any atom is 0.193 e. The van der Waals surface area contributed by atoms with Crippen LogP contribution in [0.5, 0.6) is 0 Å². The maximum absolute atomic E-state index is 5.96. The highest BCUT2D eigenvalue weighted by Gasteiger charge is 2.29. The van der Waals surface area contributed by atoms with Crippen molar-refractivity contribution in [2.45, 2.75) is 25.1 Å². The number of nitrogens with one attached hydrogen (secondary N) is 1. The Balaban J connectivity index is 1.44. The second kappa shape index (κ2) is 6.01. The minimum atomic E-state index is 0.0843. The molecule has 1 aliphatic heterocycles. The average Bonchev–Trinajstić information content (AvgIpc) is 3.21. The van der Waals surface area contributed by atoms with Gasteiger partial charge in [-0.05, 0) is 24.1 Å². The number of nitrogens with zero attached hydrogens (tertiary/aromatic N) is 2. The van der Waals surface area contributed by atoms with E-state index in [1.807, 2.05) is 35.8 Å². The van der Waals surface area contributed by atoms with Gasteiger partial charge in [-0.15, -0.1) is 11.3 Å². The van der Waals surface area contributed by atoms with Crippen LogP contribution in [0.4, 0.5) is 0 Å². The first-order chi connectivity index (χ1) is 10.8. The highest BCUT2D eigenvalue weighted by Crippen LogP contribution is 2.30. The van der Waals surface area contributed by atoms with Crippen LogP contribution in [0.2, 0.25) is 5.02 Å². The van der Waals surface area contributed by atoms with Gasteiger partial charge in [0.05, 0.1) is 11.8 Å². The molecule has 0 aliphatic carbocycles. The molecule has 0 bridgehead atoms. The summed E-state index contributed by atoms with van der Waals surface area (Å²) in [7, 11) is 0. The molecule has 1 aliphatic rings. The predicted molar refractivity (Wildman–Crippen MR) is 88.5 cm³/mol. The molecule has 0 spiro atoms. The lowest BCUT2D eigenvalue weighted by Gasteiger charge is -2.20. The lowest BCUT2D eigenvalue weighted by atomic mass is 10.0. The van der Waals surface area contributed by atoms with Crippen LogP contribution in [0.1, 0.15) is 23.8 Å². The first-order valence-corrected chi connectivity index (χ1v) is 8.57. The van der Waals surface area contributed by atoms with Gasteiger partial charge in [-0.25, -0.2) is 4.98 Å². The number of rotatable bonds is 4. The van der Waals surface area contributed by atoms with Gasteiger partial charge in [-0.3, -0.25) is 4.40 Å². The van der Waals surface area contributed by atoms with Crippen LogP contribution < -0.4 is 5.32 Å². The van der Waals surface area contributed by atoms with Crippen molar-refractivity contribution in [3.8, 4) is 0 Å². The van der Waals surface area contributed by atoms with E-state index in [9.17, 15) is 0 Å². The Morgan fingerprint density at radius 2 is 2.23 bits per heavy atom. The van der Waals surface area contributed by atoms with Crippen molar-refractivity contribution in [2.24, 2.45) is 0 Å². The van der Waals surface area contributed by atoms with E-state index in [1.54, 1.807) is 11.3 Å². The Kier molecular flexibility index (Phi) is 3.88. The number of ether oxygens (including phenoxy) is 1. The highest BCUT2D eigenvalue weighted by molar-refractivity contribution is 7.15. The Morgan fingerprint density at radius 1 is 1.36 bits per heavy atom. The van der Waals surface area contributed by atoms with E-state index in [2.05, 4.69) is 20.9 Å². The van der Waals surface area contributed by atoms with Gasteiger partial charge in [-0.1, -0.05) is 23.7 Å². The molecule has 0 saturated carbocycles. The number of imidazole rings is 1. The minimum Gasteiger partial charge on any atom is -0.372 e. The summed E-state index contributed by atoms with van der Waals surface area (Å²) in [5, 5.41) is 6.38. The Labute approximate surface area is 137 Å². The first-order valence-electron chi connectivity index (χ1n) is 7.31. The molecule has 4 rings (SSSR count). The molecule has 6 heteroatoms. The van der Waals surface area contributed by atoms with Crippen LogP contribution in [-0.2, 0) is 11.3 Å². The van der Waals surface area contributed by atoms with E-state index in [4.69, 9.17) is 16.3 Å². The van der Waals surface area contributed by atoms with Crippen LogP contribution in [-0.4, -0.2) is 22.0 Å². The predicted octanol–water partition coefficient (Wildman–Crippen LogP) is 3.67. The van der Waals surface area contributed by atoms with Gasteiger partial charge in [0.2, 0.25) is 0 Å². The second-order valence-electron chi connectivity index (χ2n) is 5.44. The third-order valence-corrected chi connectivity index (χ3v) is 5.00. The fourth-order valence-electron chi connectivity index (χ4n) is 2.88. The van der Waals surface area contributed by atoms with Crippen LogP contribution in [0, 0.1) is 0 Å². The summed E-state index contributed by atoms with van der Waals surface area (Å²) in [6.07, 6.45) is 5.20. The van der Waals surface area contributed by atoms with E-state index in [-0.39, 0.29) is 6.10 Å². The number of thiazole rings is 1. The molecule has 4 nitrogen and oxygen atoms in total. The fourth-order valence-corrected chi connectivity index (χ4v) is 3.72. The van der Waals surface area contributed by atoms with Gasteiger partial charge < -0.3 is 10.1 Å². The molecule has 1 N–H and O–H groups in total. The SMILES string of the molecule is Clc1ccc([C@@H]2OCC[C@@H]2NCc2cn3ccsc3n2)cc1. The monoisotopic (exact) mass is 333 g/mol. The standard InChI is InChI=1S/C16H16ClN3OS/c17-12-3-1-11(2-4-12)15-14(5-7-21-15)18-9-13-10-20-6-8-22-16(20)19-13/h1-4,6,8,10,14-15,18H,5,7,9H2/t14-,15-/m0/s1. The quantitative estimate of drug-likeness (QED) is 0.791. The summed E-state index contributed by atoms with van der Waals surface area (Å²) in [5.74, 6) is 0. The molecule has 0 amide bonds. The van der Waals surface area contributed by atoms with E-state index in [0.717, 1.165) is 35.2 Å². The number of hydrogen-bond donors (Lipinski definition) is 1. The molecule has 3 heterocycles. The summed E-state index contributed by atoms with van der Waals surface area (Å²) < 4.78 is 7.95. The summed E-state index contributed by atoms with van der Waals surface area (Å²) in [5.41, 5.74) is 2.24. The zero-order valence-corrected chi connectivity index (χ0v) is 13.5. The molecule has 0 unspecified atom stereocenters. The summed E-state index contributed by atoms with van der Waals surface area (Å²) in [6.45, 7) is 1.54. The second-order valence-corrected chi connectivity index (χ2v) is 6.75. The van der Waals surface area contributed by atoms with E-state index in [0.29, 0.717) is 6.04 Å². The van der Waals surface area contributed by atoms with Crippen molar-refractivity contribution in [2.75, 3.05) is 6.61 Å². The smallest absolute Gasteiger partial charge is 0.193 e. The van der Waals surface area contributed by atoms with E-state index in [1.165, 1.54) is 5.56 Å². The maximum atomic E-state index is 5.96. The van der Waals surface area contributed by atoms with Crippen LogP contribution in [0.25, 0.3) is 4.96 Å². The lowest BCUT2D eigenvalue weighted by Crippen LogP contribution is -2.31. The molecule has 1 fully saturated rings. The van der Waals surface area contributed by atoms with Crippen molar-refractivity contribution in [1.29, 1.82) is 0 Å². The third-order valence-electron chi connectivity index (χ3n) is 3.98. The lowest BCUT2D eigenvalue weighted by molar-refractivity contribution is 0.0984. The molecule has 2 atom stereocenters. The van der Waals surface area contributed by atoms with Crippen molar-refractivity contribution in [3.63, 3.8) is 0 Å². The molecule has 1 saturated heterocycles. The molecule has 0 radical (unpaired) electrons. The first kappa shape index (κ1) is 14.2. The summed E-state index contributed by atoms with van der Waals surface area (Å²) in [4.78, 5) is 5.64. The Bertz CT molecular complexity index is 739. The van der Waals surface area contributed by atoms with Crippen molar-refractivity contribution >= 4 is 27.9 Å². The molecular formula is C16H16ClN3OS. The van der Waals surface area contributed by atoms with Gasteiger partial charge in [0.25, 0.3) is 0 Å². The van der Waals surface area contributed by atoms with Crippen molar-refractivity contribution in [3.05, 3.63) is 58.3 Å². The molecule has 3 aromatic rings. The van der Waals surface area contributed by atoms with Crippen LogP contribution >= 0.6 is 22.9 Å². The third kappa shape index (κ3) is 2.77. The van der Waals surface area contributed by atoms with Gasteiger partial charge in [0.15, 0.2) is 4.96 Å². The average molecular weight is 334 g/mol. The molecular weight excluding hydrogens is 318 g/mol. The zero-order chi connectivity index (χ0) is 14.9. The molecule has 2 aromatic heterocycles. The largest absolute Gasteiger partial charge is 0.372 e. The molecule has 1 aromatic carbocycles. The Hall–Kier alpha value is -1.40. The summed E-state index contributed by atoms with van der Waals surface area (Å²) >= 11 is 7.61. The van der Waals surface area contributed by atoms with E-state index >= 15 is 0 Å². The van der Waals surface area contributed by atoms with Gasteiger partial charge >= 0.3 is 0 Å². The van der Waals surface area contributed by atoms with E-state index < -0.39 is 0 Å². The normalized spacial score (nSPS) is 21.7. The zero-order valence-electron chi connectivity index (χ0n) is 11.9. The molecule has 114 valence electrons. The topological polar surface area (TPSA) is 38.6 Å². The number of fused-ring (bicyclic) bond motifs is 1. The Morgan fingerprint density at radius 3 is 3.05 bits per heavy atom. The van der Waals surface area contributed by atoms with Crippen LogP contribution in [0.3, 0.4) is 0 Å². The highest BCUT2D eigenvalue weighted by atomic mass is 35.5. The van der Waals surface area contributed by atoms with Gasteiger partial charge in [-0.2, -0.15) is 0 Å². The minimum absolute atomic E-state index is 0.0843. The van der Waals surface area contributed by atoms with Gasteiger partial charge in [0, 0.05) is 42.0 Å². The number of benzene rings is 1. The number of halogens is 1. The number of hydrogen-bond acceptors (Lipinski definition) is 4. The van der Waals surface area contributed by atoms with Crippen molar-refractivity contribution in [1.82, 2.24) is 14.7 Å². The molecule has 22 heavy (non-hydrogen) atoms. The summed E-state index contributed by atoms with van der Waals surface area (Å²) in [6, 6.07) is 8.22. The van der Waals surface area contributed by atoms with Crippen LogP contribution in [0.15, 0.2) is 42.0 Å².